The largest absolute Gasteiger partial charge is 0.452 e. The second-order valence-corrected chi connectivity index (χ2v) is 5.92. The number of carbonyl (C=O) groups excluding carboxylic acids is 2. The van der Waals surface area contributed by atoms with Crippen molar-refractivity contribution in [2.45, 2.75) is 19.4 Å². The maximum Gasteiger partial charge on any atom is 0.311 e. The van der Waals surface area contributed by atoms with Gasteiger partial charge in [-0.15, -0.1) is 0 Å². The number of amides is 1. The molecule has 0 radical (unpaired) electrons. The molecule has 5 heteroatoms. The fourth-order valence-corrected chi connectivity index (χ4v) is 2.69. The minimum Gasteiger partial charge on any atom is -0.452 e. The topological polar surface area (TPSA) is 55.4 Å². The highest BCUT2D eigenvalue weighted by atomic mass is 19.1. The fourth-order valence-electron chi connectivity index (χ4n) is 2.69. The lowest BCUT2D eigenvalue weighted by molar-refractivity contribution is -0.152. The second-order valence-electron chi connectivity index (χ2n) is 5.92. The molecule has 3 rings (SSSR count). The van der Waals surface area contributed by atoms with Crippen molar-refractivity contribution in [1.82, 2.24) is 0 Å². The van der Waals surface area contributed by atoms with Crippen LogP contribution in [0.15, 0.2) is 66.7 Å². The zero-order valence-corrected chi connectivity index (χ0v) is 14.2. The summed E-state index contributed by atoms with van der Waals surface area (Å²) in [6.45, 7) is 1.46. The highest BCUT2D eigenvalue weighted by Crippen LogP contribution is 2.19. The number of esters is 1. The third-order valence-electron chi connectivity index (χ3n) is 4.02. The number of hydrogen-bond acceptors (Lipinski definition) is 3. The highest BCUT2D eigenvalue weighted by molar-refractivity contribution is 5.95. The molecule has 0 unspecified atom stereocenters. The van der Waals surface area contributed by atoms with E-state index in [-0.39, 0.29) is 12.1 Å². The molecule has 0 saturated carbocycles. The molecule has 4 nitrogen and oxygen atoms in total. The first-order valence-corrected chi connectivity index (χ1v) is 8.26. The molecule has 0 aromatic heterocycles. The maximum atomic E-state index is 13.6. The number of nitrogens with one attached hydrogen (secondary N) is 1. The molecule has 0 aliphatic rings. The van der Waals surface area contributed by atoms with Crippen molar-refractivity contribution in [3.63, 3.8) is 0 Å². The highest BCUT2D eigenvalue weighted by Gasteiger charge is 2.19. The Hall–Kier alpha value is -3.21. The van der Waals surface area contributed by atoms with Crippen LogP contribution in [0.25, 0.3) is 10.8 Å². The predicted octanol–water partition coefficient (Wildman–Crippen LogP) is 4.09. The van der Waals surface area contributed by atoms with Crippen molar-refractivity contribution in [2.75, 3.05) is 5.32 Å². The summed E-state index contributed by atoms with van der Waals surface area (Å²) in [6.07, 6.45) is -0.976. The van der Waals surface area contributed by atoms with E-state index in [4.69, 9.17) is 4.74 Å². The first-order chi connectivity index (χ1) is 12.5. The molecule has 0 heterocycles. The lowest BCUT2D eigenvalue weighted by Gasteiger charge is -2.14. The van der Waals surface area contributed by atoms with E-state index in [9.17, 15) is 14.0 Å². The summed E-state index contributed by atoms with van der Waals surface area (Å²) < 4.78 is 18.8. The van der Waals surface area contributed by atoms with Crippen LogP contribution in [0.4, 0.5) is 10.1 Å². The summed E-state index contributed by atoms with van der Waals surface area (Å²) in [4.78, 5) is 24.3. The van der Waals surface area contributed by atoms with E-state index in [2.05, 4.69) is 5.32 Å². The summed E-state index contributed by atoms with van der Waals surface area (Å²) in [6, 6.07) is 19.3. The van der Waals surface area contributed by atoms with Crippen molar-refractivity contribution < 1.29 is 18.7 Å². The molecule has 0 aliphatic heterocycles. The monoisotopic (exact) mass is 351 g/mol. The van der Waals surface area contributed by atoms with Gasteiger partial charge in [-0.05, 0) is 35.4 Å². The second kappa shape index (κ2) is 7.78. The first-order valence-electron chi connectivity index (χ1n) is 8.26. The van der Waals surface area contributed by atoms with E-state index >= 15 is 0 Å². The molecule has 0 fully saturated rings. The number of carbonyl (C=O) groups is 2. The van der Waals surface area contributed by atoms with Gasteiger partial charge in [0.25, 0.3) is 5.91 Å². The number of benzene rings is 3. The number of para-hydroxylation sites is 1. The minimum absolute atomic E-state index is 0.0504. The molecule has 1 N–H and O–H groups in total. The van der Waals surface area contributed by atoms with Crippen LogP contribution < -0.4 is 5.32 Å². The van der Waals surface area contributed by atoms with Gasteiger partial charge in [0.1, 0.15) is 5.82 Å². The maximum absolute atomic E-state index is 13.6. The summed E-state index contributed by atoms with van der Waals surface area (Å²) in [5.74, 6) is -1.64. The van der Waals surface area contributed by atoms with Crippen molar-refractivity contribution in [3.8, 4) is 0 Å². The average Bonchev–Trinajstić information content (AvgIpc) is 2.64. The molecule has 3 aromatic carbocycles. The third kappa shape index (κ3) is 4.06. The Balaban J connectivity index is 1.64. The SMILES string of the molecule is C[C@@H](OC(=O)Cc1cccc2ccccc12)C(=O)Nc1ccccc1F. The quantitative estimate of drug-likeness (QED) is 0.705. The van der Waals surface area contributed by atoms with Gasteiger partial charge in [-0.3, -0.25) is 9.59 Å². The van der Waals surface area contributed by atoms with Crippen LogP contribution in [0, 0.1) is 5.82 Å². The third-order valence-corrected chi connectivity index (χ3v) is 4.02. The molecular formula is C21H18FNO3. The summed E-state index contributed by atoms with van der Waals surface area (Å²) >= 11 is 0. The van der Waals surface area contributed by atoms with Gasteiger partial charge in [0.05, 0.1) is 12.1 Å². The van der Waals surface area contributed by atoms with E-state index in [0.717, 1.165) is 16.3 Å². The number of fused-ring (bicyclic) bond motifs is 1. The summed E-state index contributed by atoms with van der Waals surface area (Å²) in [7, 11) is 0. The van der Waals surface area contributed by atoms with Crippen LogP contribution in [-0.4, -0.2) is 18.0 Å². The zero-order valence-electron chi connectivity index (χ0n) is 14.2. The fraction of sp³-hybridized carbons (Fsp3) is 0.143. The number of ether oxygens (including phenoxy) is 1. The lowest BCUT2D eigenvalue weighted by Crippen LogP contribution is -2.30. The van der Waals surface area contributed by atoms with Gasteiger partial charge in [0, 0.05) is 0 Å². The smallest absolute Gasteiger partial charge is 0.311 e. The van der Waals surface area contributed by atoms with Crippen molar-refractivity contribution in [2.24, 2.45) is 0 Å². The Bertz CT molecular complexity index is 949. The Morgan fingerprint density at radius 1 is 1.00 bits per heavy atom. The van der Waals surface area contributed by atoms with Crippen molar-refractivity contribution in [3.05, 3.63) is 78.1 Å². The van der Waals surface area contributed by atoms with E-state index in [0.29, 0.717) is 0 Å². The normalized spacial score (nSPS) is 11.8. The Morgan fingerprint density at radius 2 is 1.69 bits per heavy atom. The van der Waals surface area contributed by atoms with Crippen LogP contribution in [-0.2, 0) is 20.7 Å². The van der Waals surface area contributed by atoms with Crippen LogP contribution in [0.3, 0.4) is 0 Å². The van der Waals surface area contributed by atoms with Gasteiger partial charge in [-0.2, -0.15) is 0 Å². The van der Waals surface area contributed by atoms with E-state index in [1.165, 1.54) is 25.1 Å². The molecule has 132 valence electrons. The number of rotatable bonds is 5. The van der Waals surface area contributed by atoms with Gasteiger partial charge in [-0.1, -0.05) is 54.6 Å². The molecular weight excluding hydrogens is 333 g/mol. The summed E-state index contributed by atoms with van der Waals surface area (Å²) in [5.41, 5.74) is 0.879. The van der Waals surface area contributed by atoms with Crippen LogP contribution >= 0.6 is 0 Å². The molecule has 0 spiro atoms. The Labute approximate surface area is 150 Å². The molecule has 1 amide bonds. The van der Waals surface area contributed by atoms with Crippen LogP contribution in [0.2, 0.25) is 0 Å². The lowest BCUT2D eigenvalue weighted by atomic mass is 10.0. The molecule has 0 aliphatic carbocycles. The molecule has 3 aromatic rings. The number of hydrogen-bond donors (Lipinski definition) is 1. The van der Waals surface area contributed by atoms with Gasteiger partial charge >= 0.3 is 5.97 Å². The molecule has 0 bridgehead atoms. The minimum atomic E-state index is -1.03. The van der Waals surface area contributed by atoms with Gasteiger partial charge in [-0.25, -0.2) is 4.39 Å². The van der Waals surface area contributed by atoms with Crippen LogP contribution in [0.5, 0.6) is 0 Å². The van der Waals surface area contributed by atoms with Gasteiger partial charge in [0.2, 0.25) is 0 Å². The predicted molar refractivity (Wildman–Crippen MR) is 98.2 cm³/mol. The Morgan fingerprint density at radius 3 is 2.50 bits per heavy atom. The molecule has 1 atom stereocenters. The molecule has 0 saturated heterocycles. The van der Waals surface area contributed by atoms with E-state index in [1.807, 2.05) is 42.5 Å². The average molecular weight is 351 g/mol. The summed E-state index contributed by atoms with van der Waals surface area (Å²) in [5, 5.41) is 4.42. The molecule has 26 heavy (non-hydrogen) atoms. The van der Waals surface area contributed by atoms with Gasteiger partial charge in [0.15, 0.2) is 6.10 Å². The Kier molecular flexibility index (Phi) is 5.27. The van der Waals surface area contributed by atoms with Crippen LogP contribution in [0.1, 0.15) is 12.5 Å². The van der Waals surface area contributed by atoms with Crippen molar-refractivity contribution >= 4 is 28.3 Å². The first kappa shape index (κ1) is 17.6. The zero-order chi connectivity index (χ0) is 18.5. The van der Waals surface area contributed by atoms with E-state index in [1.54, 1.807) is 6.07 Å². The van der Waals surface area contributed by atoms with E-state index < -0.39 is 23.8 Å². The standard InChI is InChI=1S/C21H18FNO3/c1-14(21(25)23-19-12-5-4-11-18(19)22)26-20(24)13-16-9-6-8-15-7-2-3-10-17(15)16/h2-12,14H,13H2,1H3,(H,23,25)/t14-/m1/s1. The number of halogens is 1. The van der Waals surface area contributed by atoms with Crippen molar-refractivity contribution in [1.29, 1.82) is 0 Å². The van der Waals surface area contributed by atoms with Gasteiger partial charge < -0.3 is 10.1 Å². The number of anilines is 1.